The van der Waals surface area contributed by atoms with E-state index in [9.17, 15) is 0 Å². The molecule has 0 heteroatoms. The van der Waals surface area contributed by atoms with Crippen LogP contribution in [0.4, 0.5) is 0 Å². The third-order valence-electron chi connectivity index (χ3n) is 4.91. The van der Waals surface area contributed by atoms with Crippen molar-refractivity contribution < 1.29 is 0 Å². The number of hydrogen-bond donors (Lipinski definition) is 0. The van der Waals surface area contributed by atoms with Gasteiger partial charge in [0.25, 0.3) is 0 Å². The Bertz CT molecular complexity index is 319. The topological polar surface area (TPSA) is 0 Å². The lowest BCUT2D eigenvalue weighted by molar-refractivity contribution is 0.402. The third kappa shape index (κ3) is 7.31. The number of allylic oxidation sites excluding steroid dienone is 4. The fourth-order valence-corrected chi connectivity index (χ4v) is 3.14. The predicted octanol–water partition coefficient (Wildman–Crippen LogP) is 6.92. The molecule has 2 unspecified atom stereocenters. The molecule has 20 heavy (non-hydrogen) atoms. The molecule has 0 aromatic heterocycles. The highest BCUT2D eigenvalue weighted by atomic mass is 14.2. The molecule has 0 aromatic carbocycles. The first-order valence-corrected chi connectivity index (χ1v) is 8.85. The lowest BCUT2D eigenvalue weighted by atomic mass is 9.89. The highest BCUT2D eigenvalue weighted by molar-refractivity contribution is 5.18. The largest absolute Gasteiger partial charge is 0.0733 e. The summed E-state index contributed by atoms with van der Waals surface area (Å²) in [4.78, 5) is 0. The molecule has 1 aliphatic rings. The second kappa shape index (κ2) is 9.42. The van der Waals surface area contributed by atoms with Gasteiger partial charge in [0.15, 0.2) is 0 Å². The van der Waals surface area contributed by atoms with Crippen LogP contribution in [-0.2, 0) is 0 Å². The first kappa shape index (κ1) is 17.5. The van der Waals surface area contributed by atoms with Crippen LogP contribution in [-0.4, -0.2) is 0 Å². The molecule has 116 valence electrons. The van der Waals surface area contributed by atoms with Gasteiger partial charge in [-0.3, -0.25) is 0 Å². The van der Waals surface area contributed by atoms with Crippen molar-refractivity contribution >= 4 is 0 Å². The maximum atomic E-state index is 2.44. The Kier molecular flexibility index (Phi) is 8.26. The number of rotatable bonds is 1. The minimum Gasteiger partial charge on any atom is -0.0733 e. The van der Waals surface area contributed by atoms with Crippen LogP contribution in [0.25, 0.3) is 0 Å². The molecule has 0 aliphatic heterocycles. The first-order chi connectivity index (χ1) is 9.49. The summed E-state index contributed by atoms with van der Waals surface area (Å²) >= 11 is 0. The third-order valence-corrected chi connectivity index (χ3v) is 4.91. The minimum absolute atomic E-state index is 0.694. The molecule has 2 atom stereocenters. The highest BCUT2D eigenvalue weighted by Crippen LogP contribution is 2.25. The van der Waals surface area contributed by atoms with Crippen molar-refractivity contribution in [3.63, 3.8) is 0 Å². The predicted molar refractivity (Wildman–Crippen MR) is 91.9 cm³/mol. The van der Waals surface area contributed by atoms with E-state index in [1.165, 1.54) is 51.4 Å². The van der Waals surface area contributed by atoms with E-state index >= 15 is 0 Å². The van der Waals surface area contributed by atoms with Gasteiger partial charge in [-0.05, 0) is 50.4 Å². The van der Waals surface area contributed by atoms with Crippen molar-refractivity contribution in [3.8, 4) is 0 Å². The van der Waals surface area contributed by atoms with Crippen LogP contribution in [0.3, 0.4) is 0 Å². The van der Waals surface area contributed by atoms with Crippen LogP contribution in [0, 0.1) is 17.8 Å². The summed E-state index contributed by atoms with van der Waals surface area (Å²) in [7, 11) is 0. The summed E-state index contributed by atoms with van der Waals surface area (Å²) in [6, 6.07) is 0. The van der Waals surface area contributed by atoms with Crippen molar-refractivity contribution in [3.05, 3.63) is 23.3 Å². The first-order valence-electron chi connectivity index (χ1n) is 8.85. The molecular formula is C20H36. The average molecular weight is 277 g/mol. The summed E-state index contributed by atoms with van der Waals surface area (Å²) in [5, 5.41) is 0. The molecule has 0 spiro atoms. The van der Waals surface area contributed by atoms with E-state index in [1.54, 1.807) is 11.1 Å². The van der Waals surface area contributed by atoms with E-state index < -0.39 is 0 Å². The Hall–Kier alpha value is -0.520. The second-order valence-corrected chi connectivity index (χ2v) is 7.48. The Labute approximate surface area is 127 Å². The summed E-state index contributed by atoms with van der Waals surface area (Å²) in [6.45, 7) is 11.9. The molecule has 0 aromatic rings. The zero-order valence-electron chi connectivity index (χ0n) is 14.5. The van der Waals surface area contributed by atoms with Gasteiger partial charge >= 0.3 is 0 Å². The summed E-state index contributed by atoms with van der Waals surface area (Å²) in [5.41, 5.74) is 3.20. The molecule has 0 saturated carbocycles. The molecule has 0 saturated heterocycles. The lowest BCUT2D eigenvalue weighted by Crippen LogP contribution is -2.02. The van der Waals surface area contributed by atoms with Crippen LogP contribution < -0.4 is 0 Å². The molecule has 0 bridgehead atoms. The van der Waals surface area contributed by atoms with Crippen LogP contribution in [0.2, 0.25) is 0 Å². The van der Waals surface area contributed by atoms with Gasteiger partial charge in [-0.2, -0.15) is 0 Å². The molecule has 0 nitrogen and oxygen atoms in total. The fraction of sp³-hybridized carbons (Fsp3) is 0.800. The molecule has 0 amide bonds. The highest BCUT2D eigenvalue weighted by Gasteiger charge is 2.09. The smallest absolute Gasteiger partial charge is 0.0257 e. The van der Waals surface area contributed by atoms with E-state index in [0.717, 1.165) is 11.8 Å². The Morgan fingerprint density at radius 3 is 2.10 bits per heavy atom. The van der Waals surface area contributed by atoms with Gasteiger partial charge in [-0.15, -0.1) is 0 Å². The minimum atomic E-state index is 0.694. The van der Waals surface area contributed by atoms with Gasteiger partial charge in [-0.25, -0.2) is 0 Å². The van der Waals surface area contributed by atoms with Crippen LogP contribution in [0.1, 0.15) is 86.0 Å². The van der Waals surface area contributed by atoms with Crippen LogP contribution in [0.5, 0.6) is 0 Å². The normalized spacial score (nSPS) is 32.9. The van der Waals surface area contributed by atoms with Gasteiger partial charge in [-0.1, -0.05) is 76.7 Å². The Morgan fingerprint density at radius 2 is 1.45 bits per heavy atom. The Balaban J connectivity index is 2.71. The summed E-state index contributed by atoms with van der Waals surface area (Å²) < 4.78 is 0. The zero-order chi connectivity index (χ0) is 15.0. The maximum Gasteiger partial charge on any atom is -0.0257 e. The van der Waals surface area contributed by atoms with Crippen LogP contribution >= 0.6 is 0 Å². The molecule has 1 rings (SSSR count). The average Bonchev–Trinajstić information content (AvgIpc) is 2.37. The van der Waals surface area contributed by atoms with E-state index in [1.807, 2.05) is 0 Å². The molecule has 0 heterocycles. The van der Waals surface area contributed by atoms with Gasteiger partial charge in [0.05, 0.1) is 0 Å². The van der Waals surface area contributed by atoms with Crippen molar-refractivity contribution in [2.75, 3.05) is 0 Å². The monoisotopic (exact) mass is 276 g/mol. The van der Waals surface area contributed by atoms with Crippen molar-refractivity contribution in [2.24, 2.45) is 17.8 Å². The van der Waals surface area contributed by atoms with Gasteiger partial charge in [0, 0.05) is 0 Å². The SMILES string of the molecule is C/C1=C/C=C(\C(C)C)CCC(C)CCCC(C)CCC1. The summed E-state index contributed by atoms with van der Waals surface area (Å²) in [5.74, 6) is 2.50. The van der Waals surface area contributed by atoms with Crippen molar-refractivity contribution in [1.29, 1.82) is 0 Å². The number of hydrogen-bond acceptors (Lipinski definition) is 0. The summed E-state index contributed by atoms with van der Waals surface area (Å²) in [6.07, 6.45) is 15.8. The molecule has 0 N–H and O–H groups in total. The van der Waals surface area contributed by atoms with E-state index in [4.69, 9.17) is 0 Å². The lowest BCUT2D eigenvalue weighted by Gasteiger charge is -2.17. The second-order valence-electron chi connectivity index (χ2n) is 7.48. The molecule has 1 aliphatic carbocycles. The maximum absolute atomic E-state index is 2.44. The fourth-order valence-electron chi connectivity index (χ4n) is 3.14. The van der Waals surface area contributed by atoms with Crippen LogP contribution in [0.15, 0.2) is 23.3 Å². The van der Waals surface area contributed by atoms with Crippen molar-refractivity contribution in [2.45, 2.75) is 86.0 Å². The zero-order valence-corrected chi connectivity index (χ0v) is 14.5. The van der Waals surface area contributed by atoms with Gasteiger partial charge in [0.2, 0.25) is 0 Å². The quantitative estimate of drug-likeness (QED) is 0.487. The molecular weight excluding hydrogens is 240 g/mol. The van der Waals surface area contributed by atoms with Crippen molar-refractivity contribution in [1.82, 2.24) is 0 Å². The molecule has 0 radical (unpaired) electrons. The van der Waals surface area contributed by atoms with E-state index in [2.05, 4.69) is 46.8 Å². The van der Waals surface area contributed by atoms with Gasteiger partial charge in [0.1, 0.15) is 0 Å². The standard InChI is InChI=1S/C20H36/c1-16(2)20-14-12-18(4)10-6-8-17(3)9-7-11-19(5)13-15-20/h12,14,16-17,19H,6-11,13,15H2,1-5H3/b18-12-,20-14-. The van der Waals surface area contributed by atoms with E-state index in [-0.39, 0.29) is 0 Å². The Morgan fingerprint density at radius 1 is 0.850 bits per heavy atom. The molecule has 0 fully saturated rings. The van der Waals surface area contributed by atoms with Gasteiger partial charge < -0.3 is 0 Å². The van der Waals surface area contributed by atoms with E-state index in [0.29, 0.717) is 5.92 Å².